The summed E-state index contributed by atoms with van der Waals surface area (Å²) in [7, 11) is 0. The van der Waals surface area contributed by atoms with Crippen molar-refractivity contribution in [3.8, 4) is 0 Å². The van der Waals surface area contributed by atoms with Gasteiger partial charge in [0.25, 0.3) is 0 Å². The van der Waals surface area contributed by atoms with E-state index < -0.39 is 0 Å². The van der Waals surface area contributed by atoms with Crippen molar-refractivity contribution in [1.29, 1.82) is 0 Å². The molecule has 2 fully saturated rings. The van der Waals surface area contributed by atoms with E-state index in [9.17, 15) is 4.79 Å². The van der Waals surface area contributed by atoms with Gasteiger partial charge in [-0.05, 0) is 38.6 Å². The number of hydrogen-bond donors (Lipinski definition) is 1. The minimum atomic E-state index is 0.153. The standard InChI is InChI=1S/C15H23N5O/c21-15(16-12-5-6-12)11-3-1-7-19(9-11)10-14-18-17-13-4-2-8-20(13)14/h11-12H,1-10H2,(H,16,21). The van der Waals surface area contributed by atoms with Gasteiger partial charge in [-0.15, -0.1) is 10.2 Å². The summed E-state index contributed by atoms with van der Waals surface area (Å²) in [5.41, 5.74) is 0. The zero-order valence-corrected chi connectivity index (χ0v) is 12.4. The van der Waals surface area contributed by atoms with Gasteiger partial charge in [0.1, 0.15) is 11.6 Å². The Morgan fingerprint density at radius 2 is 2.10 bits per heavy atom. The van der Waals surface area contributed by atoms with Crippen LogP contribution in [0.4, 0.5) is 0 Å². The predicted molar refractivity (Wildman–Crippen MR) is 77.5 cm³/mol. The van der Waals surface area contributed by atoms with Crippen LogP contribution in [0.15, 0.2) is 0 Å². The molecule has 0 aromatic carbocycles. The quantitative estimate of drug-likeness (QED) is 0.887. The normalized spacial score (nSPS) is 25.8. The lowest BCUT2D eigenvalue weighted by Crippen LogP contribution is -2.43. The summed E-state index contributed by atoms with van der Waals surface area (Å²) in [6, 6.07) is 0.465. The van der Waals surface area contributed by atoms with E-state index in [1.54, 1.807) is 0 Å². The molecule has 6 nitrogen and oxygen atoms in total. The Balaban J connectivity index is 1.37. The number of carbonyl (C=O) groups is 1. The van der Waals surface area contributed by atoms with Crippen molar-refractivity contribution < 1.29 is 4.79 Å². The second-order valence-electron chi connectivity index (χ2n) is 6.64. The van der Waals surface area contributed by atoms with E-state index in [4.69, 9.17) is 0 Å². The zero-order chi connectivity index (χ0) is 14.2. The topological polar surface area (TPSA) is 63.1 Å². The highest BCUT2D eigenvalue weighted by Gasteiger charge is 2.31. The van der Waals surface area contributed by atoms with Gasteiger partial charge >= 0.3 is 0 Å². The molecule has 0 bridgehead atoms. The van der Waals surface area contributed by atoms with Crippen LogP contribution >= 0.6 is 0 Å². The highest BCUT2D eigenvalue weighted by atomic mass is 16.2. The Labute approximate surface area is 124 Å². The molecule has 3 aliphatic rings. The van der Waals surface area contributed by atoms with Gasteiger partial charge in [0.15, 0.2) is 0 Å². The van der Waals surface area contributed by atoms with E-state index in [0.717, 1.165) is 69.9 Å². The number of carbonyl (C=O) groups excluding carboxylic acids is 1. The number of aromatic nitrogens is 3. The molecule has 1 saturated heterocycles. The van der Waals surface area contributed by atoms with Crippen LogP contribution < -0.4 is 5.32 Å². The molecule has 1 amide bonds. The number of nitrogens with one attached hydrogen (secondary N) is 1. The molecule has 114 valence electrons. The van der Waals surface area contributed by atoms with E-state index in [1.807, 2.05) is 0 Å². The third-order valence-electron chi connectivity index (χ3n) is 4.85. The summed E-state index contributed by atoms with van der Waals surface area (Å²) in [6.07, 6.45) is 6.68. The average molecular weight is 289 g/mol. The number of fused-ring (bicyclic) bond motifs is 1. The van der Waals surface area contributed by atoms with Gasteiger partial charge in [0.2, 0.25) is 5.91 Å². The SMILES string of the molecule is O=C(NC1CC1)C1CCCN(Cc2nnc3n2CCC3)C1. The maximum Gasteiger partial charge on any atom is 0.224 e. The van der Waals surface area contributed by atoms with E-state index in [2.05, 4.69) is 25.0 Å². The summed E-state index contributed by atoms with van der Waals surface area (Å²) < 4.78 is 2.26. The Morgan fingerprint density at radius 1 is 1.19 bits per heavy atom. The molecule has 3 heterocycles. The first-order chi connectivity index (χ1) is 10.3. The number of likely N-dealkylation sites (tertiary alicyclic amines) is 1. The first-order valence-electron chi connectivity index (χ1n) is 8.23. The van der Waals surface area contributed by atoms with E-state index in [-0.39, 0.29) is 11.8 Å². The van der Waals surface area contributed by atoms with Crippen LogP contribution in [-0.2, 0) is 24.3 Å². The van der Waals surface area contributed by atoms with Crippen molar-refractivity contribution in [3.63, 3.8) is 0 Å². The van der Waals surface area contributed by atoms with Crippen molar-refractivity contribution in [2.24, 2.45) is 5.92 Å². The molecular weight excluding hydrogens is 266 g/mol. The van der Waals surface area contributed by atoms with Crippen LogP contribution in [-0.4, -0.2) is 44.7 Å². The molecule has 1 aromatic heterocycles. The number of nitrogens with zero attached hydrogens (tertiary/aromatic N) is 4. The molecule has 1 aromatic rings. The smallest absolute Gasteiger partial charge is 0.224 e. The molecule has 21 heavy (non-hydrogen) atoms. The highest BCUT2D eigenvalue weighted by Crippen LogP contribution is 2.23. The van der Waals surface area contributed by atoms with Gasteiger partial charge in [-0.25, -0.2) is 0 Å². The minimum absolute atomic E-state index is 0.153. The van der Waals surface area contributed by atoms with Gasteiger partial charge in [-0.1, -0.05) is 0 Å². The monoisotopic (exact) mass is 289 g/mol. The molecule has 1 unspecified atom stereocenters. The van der Waals surface area contributed by atoms with Gasteiger partial charge in [-0.3, -0.25) is 9.69 Å². The Hall–Kier alpha value is -1.43. The number of piperidine rings is 1. The Morgan fingerprint density at radius 3 is 2.95 bits per heavy atom. The third-order valence-corrected chi connectivity index (χ3v) is 4.85. The molecule has 1 aliphatic carbocycles. The average Bonchev–Trinajstić information content (AvgIpc) is 3.04. The highest BCUT2D eigenvalue weighted by molar-refractivity contribution is 5.79. The lowest BCUT2D eigenvalue weighted by Gasteiger charge is -2.31. The van der Waals surface area contributed by atoms with Crippen LogP contribution in [0, 0.1) is 5.92 Å². The summed E-state index contributed by atoms with van der Waals surface area (Å²) in [4.78, 5) is 14.6. The summed E-state index contributed by atoms with van der Waals surface area (Å²) in [6.45, 7) is 3.81. The minimum Gasteiger partial charge on any atom is -0.353 e. The molecular formula is C15H23N5O. The molecule has 6 heteroatoms. The van der Waals surface area contributed by atoms with E-state index >= 15 is 0 Å². The second kappa shape index (κ2) is 5.40. The van der Waals surface area contributed by atoms with Gasteiger partial charge < -0.3 is 9.88 Å². The molecule has 1 saturated carbocycles. The number of amides is 1. The van der Waals surface area contributed by atoms with Crippen LogP contribution in [0.3, 0.4) is 0 Å². The maximum absolute atomic E-state index is 12.2. The first-order valence-corrected chi connectivity index (χ1v) is 8.23. The Kier molecular flexibility index (Phi) is 3.41. The zero-order valence-electron chi connectivity index (χ0n) is 12.4. The third kappa shape index (κ3) is 2.81. The van der Waals surface area contributed by atoms with Crippen LogP contribution in [0.1, 0.15) is 43.8 Å². The first kappa shape index (κ1) is 13.2. The number of rotatable bonds is 4. The molecule has 4 rings (SSSR count). The fourth-order valence-corrected chi connectivity index (χ4v) is 3.49. The largest absolute Gasteiger partial charge is 0.353 e. The van der Waals surface area contributed by atoms with Crippen molar-refractivity contribution in [3.05, 3.63) is 11.6 Å². The van der Waals surface area contributed by atoms with Crippen molar-refractivity contribution in [2.75, 3.05) is 13.1 Å². The number of aryl methyl sites for hydroxylation is 1. The molecule has 2 aliphatic heterocycles. The molecule has 0 radical (unpaired) electrons. The second-order valence-corrected chi connectivity index (χ2v) is 6.64. The predicted octanol–water partition coefficient (Wildman–Crippen LogP) is 0.715. The number of hydrogen-bond acceptors (Lipinski definition) is 4. The fraction of sp³-hybridized carbons (Fsp3) is 0.800. The van der Waals surface area contributed by atoms with Gasteiger partial charge in [0, 0.05) is 25.6 Å². The van der Waals surface area contributed by atoms with Gasteiger partial charge in [-0.2, -0.15) is 0 Å². The lowest BCUT2D eigenvalue weighted by molar-refractivity contribution is -0.126. The van der Waals surface area contributed by atoms with Crippen LogP contribution in [0.5, 0.6) is 0 Å². The summed E-state index contributed by atoms with van der Waals surface area (Å²) >= 11 is 0. The van der Waals surface area contributed by atoms with Crippen molar-refractivity contribution in [1.82, 2.24) is 25.0 Å². The lowest BCUT2D eigenvalue weighted by atomic mass is 9.97. The van der Waals surface area contributed by atoms with E-state index in [0.29, 0.717) is 6.04 Å². The van der Waals surface area contributed by atoms with Crippen molar-refractivity contribution in [2.45, 2.75) is 57.7 Å². The van der Waals surface area contributed by atoms with E-state index in [1.165, 1.54) is 6.42 Å². The summed E-state index contributed by atoms with van der Waals surface area (Å²) in [5, 5.41) is 11.7. The molecule has 1 atom stereocenters. The fourth-order valence-electron chi connectivity index (χ4n) is 3.49. The molecule has 1 N–H and O–H groups in total. The maximum atomic E-state index is 12.2. The summed E-state index contributed by atoms with van der Waals surface area (Å²) in [5.74, 6) is 2.62. The molecule has 0 spiro atoms. The van der Waals surface area contributed by atoms with Crippen LogP contribution in [0.25, 0.3) is 0 Å². The Bertz CT molecular complexity index is 536. The van der Waals surface area contributed by atoms with Crippen molar-refractivity contribution >= 4 is 5.91 Å². The van der Waals surface area contributed by atoms with Gasteiger partial charge in [0.05, 0.1) is 12.5 Å². The van der Waals surface area contributed by atoms with Crippen LogP contribution in [0.2, 0.25) is 0 Å².